The van der Waals surface area contributed by atoms with Gasteiger partial charge in [-0.3, -0.25) is 28.8 Å². The van der Waals surface area contributed by atoms with Crippen LogP contribution in [0.5, 0.6) is 0 Å². The number of rotatable bonds is 22. The lowest BCUT2D eigenvalue weighted by molar-refractivity contribution is -0.126. The van der Waals surface area contributed by atoms with E-state index in [1.54, 1.807) is 0 Å². The van der Waals surface area contributed by atoms with Crippen LogP contribution < -0.4 is 0 Å². The Balaban J connectivity index is 3.71. The summed E-state index contributed by atoms with van der Waals surface area (Å²) >= 11 is 0. The van der Waals surface area contributed by atoms with Crippen molar-refractivity contribution in [3.63, 3.8) is 0 Å². The Morgan fingerprint density at radius 3 is 1.00 bits per heavy atom. The number of carbonyl (C=O) groups is 6. The van der Waals surface area contributed by atoms with Crippen LogP contribution in [-0.2, 0) is 33.5 Å². The molecule has 0 atom stereocenters. The number of allylic oxidation sites excluding steroid dienone is 2. The van der Waals surface area contributed by atoms with Crippen LogP contribution in [-0.4, -0.2) is 47.9 Å². The van der Waals surface area contributed by atoms with Crippen molar-refractivity contribution in [2.45, 2.75) is 77.0 Å². The lowest BCUT2D eigenvalue weighted by Crippen LogP contribution is -2.11. The average Bonchev–Trinajstić information content (AvgIpc) is 2.73. The first-order chi connectivity index (χ1) is 14.8. The van der Waals surface area contributed by atoms with E-state index < -0.39 is 0 Å². The Morgan fingerprint density at radius 2 is 0.710 bits per heavy atom. The molecule has 0 aliphatic heterocycles. The molecule has 7 heteroatoms. The van der Waals surface area contributed by atoms with E-state index in [0.29, 0.717) is 0 Å². The fourth-order valence-electron chi connectivity index (χ4n) is 2.62. The van der Waals surface area contributed by atoms with Crippen LogP contribution in [0.2, 0.25) is 0 Å². The van der Waals surface area contributed by atoms with E-state index in [9.17, 15) is 28.8 Å². The maximum atomic E-state index is 11.8. The van der Waals surface area contributed by atoms with Gasteiger partial charge in [-0.25, -0.2) is 0 Å². The SMILES string of the molecule is C=CCC(=O)CCC(=O)CCC(=O)CCOCCC(=O)CCC(=O)CCC(=O)CC=C. The van der Waals surface area contributed by atoms with Crippen molar-refractivity contribution < 1.29 is 33.5 Å². The van der Waals surface area contributed by atoms with Crippen LogP contribution in [0.25, 0.3) is 0 Å². The molecule has 172 valence electrons. The highest BCUT2D eigenvalue weighted by atomic mass is 16.5. The first kappa shape index (κ1) is 28.5. The van der Waals surface area contributed by atoms with E-state index in [4.69, 9.17) is 4.74 Å². The molecule has 0 aromatic rings. The van der Waals surface area contributed by atoms with Gasteiger partial charge in [0, 0.05) is 77.0 Å². The van der Waals surface area contributed by atoms with Crippen molar-refractivity contribution >= 4 is 34.7 Å². The maximum absolute atomic E-state index is 11.8. The molecule has 0 aromatic heterocycles. The van der Waals surface area contributed by atoms with Gasteiger partial charge in [0.1, 0.15) is 34.7 Å². The second kappa shape index (κ2) is 18.2. The molecular weight excluding hydrogens is 400 g/mol. The monoisotopic (exact) mass is 434 g/mol. The lowest BCUT2D eigenvalue weighted by Gasteiger charge is -2.04. The molecule has 31 heavy (non-hydrogen) atoms. The van der Waals surface area contributed by atoms with Crippen molar-refractivity contribution in [1.29, 1.82) is 0 Å². The molecule has 0 spiro atoms. The van der Waals surface area contributed by atoms with E-state index >= 15 is 0 Å². The Hall–Kier alpha value is -2.54. The molecule has 0 saturated heterocycles. The molecule has 0 fully saturated rings. The first-order valence-electron chi connectivity index (χ1n) is 10.7. The van der Waals surface area contributed by atoms with E-state index in [1.165, 1.54) is 12.2 Å². The first-order valence-corrected chi connectivity index (χ1v) is 10.7. The standard InChI is InChI=1S/C24H34O7/c1-3-5-19(25)7-9-21(27)11-13-23(29)15-17-31-18-16-24(30)14-12-22(28)10-8-20(26)6-4-2/h3-4H,1-2,5-18H2. The van der Waals surface area contributed by atoms with Gasteiger partial charge >= 0.3 is 0 Å². The van der Waals surface area contributed by atoms with Gasteiger partial charge in [-0.1, -0.05) is 12.2 Å². The molecular formula is C24H34O7. The molecule has 7 nitrogen and oxygen atoms in total. The Morgan fingerprint density at radius 1 is 0.452 bits per heavy atom. The lowest BCUT2D eigenvalue weighted by atomic mass is 10.0. The number of hydrogen-bond donors (Lipinski definition) is 0. The number of hydrogen-bond acceptors (Lipinski definition) is 7. The van der Waals surface area contributed by atoms with Gasteiger partial charge in [-0.2, -0.15) is 0 Å². The minimum Gasteiger partial charge on any atom is -0.381 e. The topological polar surface area (TPSA) is 112 Å². The number of ketones is 6. The zero-order valence-electron chi connectivity index (χ0n) is 18.3. The van der Waals surface area contributed by atoms with E-state index in [0.717, 1.165) is 0 Å². The van der Waals surface area contributed by atoms with Crippen LogP contribution >= 0.6 is 0 Å². The fraction of sp³-hybridized carbons (Fsp3) is 0.583. The Labute approximate surface area is 184 Å². The third-order valence-electron chi connectivity index (χ3n) is 4.53. The highest BCUT2D eigenvalue weighted by Gasteiger charge is 2.11. The minimum atomic E-state index is -0.114. The molecule has 0 aliphatic rings. The van der Waals surface area contributed by atoms with Gasteiger partial charge in [-0.15, -0.1) is 13.2 Å². The van der Waals surface area contributed by atoms with E-state index in [2.05, 4.69) is 13.2 Å². The van der Waals surface area contributed by atoms with Crippen molar-refractivity contribution in [2.75, 3.05) is 13.2 Å². The van der Waals surface area contributed by atoms with Gasteiger partial charge in [0.15, 0.2) is 0 Å². The Bertz CT molecular complexity index is 605. The highest BCUT2D eigenvalue weighted by molar-refractivity contribution is 5.90. The summed E-state index contributed by atoms with van der Waals surface area (Å²) < 4.78 is 5.28. The summed E-state index contributed by atoms with van der Waals surface area (Å²) in [6, 6.07) is 0. The molecule has 0 amide bonds. The normalized spacial score (nSPS) is 10.3. The van der Waals surface area contributed by atoms with Crippen LogP contribution in [0, 0.1) is 0 Å². The van der Waals surface area contributed by atoms with Crippen LogP contribution in [0.3, 0.4) is 0 Å². The summed E-state index contributed by atoms with van der Waals surface area (Å²) in [5.41, 5.74) is 0. The maximum Gasteiger partial charge on any atom is 0.137 e. The van der Waals surface area contributed by atoms with Crippen LogP contribution in [0.1, 0.15) is 77.0 Å². The molecule has 0 radical (unpaired) electrons. The summed E-state index contributed by atoms with van der Waals surface area (Å²) in [6.07, 6.45) is 4.93. The molecule has 0 aliphatic carbocycles. The molecule has 0 heterocycles. The minimum absolute atomic E-state index is 0.0411. The molecule has 0 saturated carbocycles. The van der Waals surface area contributed by atoms with Gasteiger partial charge in [0.2, 0.25) is 0 Å². The van der Waals surface area contributed by atoms with Gasteiger partial charge in [-0.05, 0) is 0 Å². The fourth-order valence-corrected chi connectivity index (χ4v) is 2.62. The summed E-state index contributed by atoms with van der Waals surface area (Å²) in [7, 11) is 0. The summed E-state index contributed by atoms with van der Waals surface area (Å²) in [4.78, 5) is 69.5. The molecule has 0 aromatic carbocycles. The van der Waals surface area contributed by atoms with Crippen molar-refractivity contribution in [3.8, 4) is 0 Å². The molecule has 0 unspecified atom stereocenters. The quantitative estimate of drug-likeness (QED) is 0.189. The number of ether oxygens (including phenoxy) is 1. The second-order valence-corrected chi connectivity index (χ2v) is 7.33. The highest BCUT2D eigenvalue weighted by Crippen LogP contribution is 2.06. The van der Waals surface area contributed by atoms with Gasteiger partial charge < -0.3 is 4.74 Å². The van der Waals surface area contributed by atoms with Gasteiger partial charge in [0.05, 0.1) is 13.2 Å². The third kappa shape index (κ3) is 18.0. The molecule has 0 rings (SSSR count). The van der Waals surface area contributed by atoms with Gasteiger partial charge in [0.25, 0.3) is 0 Å². The summed E-state index contributed by atoms with van der Waals surface area (Å²) in [5.74, 6) is -0.516. The smallest absolute Gasteiger partial charge is 0.137 e. The largest absolute Gasteiger partial charge is 0.381 e. The zero-order chi connectivity index (χ0) is 23.5. The number of Topliss-reactive ketones (excluding diaryl/α,β-unsaturated/α-hetero) is 6. The average molecular weight is 435 g/mol. The van der Waals surface area contributed by atoms with E-state index in [1.807, 2.05) is 0 Å². The number of carbonyl (C=O) groups excluding carboxylic acids is 6. The third-order valence-corrected chi connectivity index (χ3v) is 4.53. The summed E-state index contributed by atoms with van der Waals surface area (Å²) in [5, 5.41) is 0. The molecule has 0 bridgehead atoms. The van der Waals surface area contributed by atoms with Crippen molar-refractivity contribution in [2.24, 2.45) is 0 Å². The zero-order valence-corrected chi connectivity index (χ0v) is 18.3. The van der Waals surface area contributed by atoms with Crippen molar-refractivity contribution in [3.05, 3.63) is 25.3 Å². The predicted octanol–water partition coefficient (Wildman–Crippen LogP) is 3.47. The Kier molecular flexibility index (Phi) is 16.8. The van der Waals surface area contributed by atoms with Crippen molar-refractivity contribution in [1.82, 2.24) is 0 Å². The predicted molar refractivity (Wildman–Crippen MR) is 117 cm³/mol. The van der Waals surface area contributed by atoms with E-state index in [-0.39, 0.29) is 125 Å². The van der Waals surface area contributed by atoms with Crippen LogP contribution in [0.15, 0.2) is 25.3 Å². The summed E-state index contributed by atoms with van der Waals surface area (Å²) in [6.45, 7) is 7.27. The molecule has 0 N–H and O–H groups in total. The van der Waals surface area contributed by atoms with Crippen LogP contribution in [0.4, 0.5) is 0 Å². The second-order valence-electron chi connectivity index (χ2n) is 7.33.